The second kappa shape index (κ2) is 2.75. The fraction of sp³-hybridized carbons (Fsp3) is 0.667. The maximum Gasteiger partial charge on any atom is 0.314 e. The van der Waals surface area contributed by atoms with Gasteiger partial charge in [-0.1, -0.05) is 0 Å². The summed E-state index contributed by atoms with van der Waals surface area (Å²) in [6.07, 6.45) is 0. The molecule has 11 heavy (non-hydrogen) atoms. The van der Waals surface area contributed by atoms with Crippen molar-refractivity contribution in [1.82, 2.24) is 10.1 Å². The highest BCUT2D eigenvalue weighted by atomic mass is 32.1. The molecule has 0 bridgehead atoms. The molecule has 4 nitrogen and oxygen atoms in total. The molecule has 0 saturated heterocycles. The molecule has 1 aromatic rings. The second-order valence-corrected chi connectivity index (χ2v) is 2.99. The van der Waals surface area contributed by atoms with E-state index in [9.17, 15) is 0 Å². The van der Waals surface area contributed by atoms with Crippen LogP contribution in [0.5, 0.6) is 0 Å². The summed E-state index contributed by atoms with van der Waals surface area (Å²) in [6.45, 7) is 3.74. The van der Waals surface area contributed by atoms with Crippen molar-refractivity contribution in [1.29, 1.82) is 0 Å². The fourth-order valence-electron chi connectivity index (χ4n) is 0.583. The third-order valence-electron chi connectivity index (χ3n) is 1.52. The lowest BCUT2D eigenvalue weighted by Crippen LogP contribution is -2.21. The molecule has 0 unspecified atom stereocenters. The molecular formula is C6H10N2O2S. The molecule has 0 aliphatic rings. The summed E-state index contributed by atoms with van der Waals surface area (Å²) in [4.78, 5) is 4.12. The lowest BCUT2D eigenvalue weighted by Gasteiger charge is -2.18. The number of ether oxygens (including phenoxy) is 1. The van der Waals surface area contributed by atoms with Gasteiger partial charge in [0.25, 0.3) is 0 Å². The molecule has 1 rings (SSSR count). The molecule has 1 aromatic heterocycles. The summed E-state index contributed by atoms with van der Waals surface area (Å²) >= 11 is 4.69. The van der Waals surface area contributed by atoms with E-state index in [1.165, 1.54) is 0 Å². The minimum Gasteiger partial charge on any atom is -0.371 e. The van der Waals surface area contributed by atoms with Gasteiger partial charge in [0.2, 0.25) is 0 Å². The number of nitrogens with zero attached hydrogens (tertiary/aromatic N) is 1. The average Bonchev–Trinajstić information content (AvgIpc) is 2.36. The number of aromatic nitrogens is 2. The molecule has 0 spiro atoms. The van der Waals surface area contributed by atoms with Gasteiger partial charge in [-0.2, -0.15) is 4.98 Å². The number of hydrogen-bond donors (Lipinski definition) is 1. The van der Waals surface area contributed by atoms with Gasteiger partial charge in [-0.15, -0.1) is 0 Å². The highest BCUT2D eigenvalue weighted by Gasteiger charge is 2.23. The molecule has 0 aliphatic carbocycles. The molecule has 0 aromatic carbocycles. The topological polar surface area (TPSA) is 51.1 Å². The predicted molar refractivity (Wildman–Crippen MR) is 41.7 cm³/mol. The van der Waals surface area contributed by atoms with E-state index in [0.29, 0.717) is 5.82 Å². The summed E-state index contributed by atoms with van der Waals surface area (Å²) in [5.74, 6) is 0.602. The molecular weight excluding hydrogens is 164 g/mol. The lowest BCUT2D eigenvalue weighted by molar-refractivity contribution is 0.00973. The van der Waals surface area contributed by atoms with E-state index < -0.39 is 5.60 Å². The Morgan fingerprint density at radius 1 is 1.64 bits per heavy atom. The van der Waals surface area contributed by atoms with Crippen molar-refractivity contribution in [3.05, 3.63) is 10.7 Å². The standard InChI is InChI=1S/C6H10N2O2S/c1-6(2,9-3)4-7-5(11)10-8-4/h1-3H3,(H,7,8,11). The van der Waals surface area contributed by atoms with E-state index >= 15 is 0 Å². The van der Waals surface area contributed by atoms with Gasteiger partial charge >= 0.3 is 4.84 Å². The van der Waals surface area contributed by atoms with Crippen molar-refractivity contribution in [2.75, 3.05) is 7.11 Å². The van der Waals surface area contributed by atoms with Gasteiger partial charge in [0, 0.05) is 7.11 Å². The number of rotatable bonds is 2. The summed E-state index contributed by atoms with van der Waals surface area (Å²) < 4.78 is 9.89. The highest BCUT2D eigenvalue weighted by molar-refractivity contribution is 7.71. The van der Waals surface area contributed by atoms with Crippen LogP contribution in [0.3, 0.4) is 0 Å². The Morgan fingerprint density at radius 3 is 2.64 bits per heavy atom. The van der Waals surface area contributed by atoms with E-state index in [1.807, 2.05) is 13.8 Å². The average molecular weight is 174 g/mol. The van der Waals surface area contributed by atoms with Crippen LogP contribution in [0, 0.1) is 4.84 Å². The highest BCUT2D eigenvalue weighted by Crippen LogP contribution is 2.19. The Morgan fingerprint density at radius 2 is 2.27 bits per heavy atom. The fourth-order valence-corrected chi connectivity index (χ4v) is 0.716. The van der Waals surface area contributed by atoms with Crippen molar-refractivity contribution in [3.63, 3.8) is 0 Å². The number of hydrogen-bond acceptors (Lipinski definition) is 4. The summed E-state index contributed by atoms with van der Waals surface area (Å²) in [6, 6.07) is 0. The van der Waals surface area contributed by atoms with Crippen LogP contribution in [-0.4, -0.2) is 17.3 Å². The summed E-state index contributed by atoms with van der Waals surface area (Å²) in [7, 11) is 1.60. The van der Waals surface area contributed by atoms with Crippen LogP contribution in [0.15, 0.2) is 4.52 Å². The van der Waals surface area contributed by atoms with Crippen molar-refractivity contribution >= 4 is 12.2 Å². The maximum atomic E-state index is 5.14. The van der Waals surface area contributed by atoms with Gasteiger partial charge < -0.3 is 9.26 Å². The maximum absolute atomic E-state index is 5.14. The number of methoxy groups -OCH3 is 1. The molecule has 0 fully saturated rings. The molecule has 1 heterocycles. The Hall–Kier alpha value is -0.680. The molecule has 0 aliphatic heterocycles. The van der Waals surface area contributed by atoms with Gasteiger partial charge in [-0.3, -0.25) is 0 Å². The Labute approximate surface area is 69.5 Å². The third-order valence-corrected chi connectivity index (χ3v) is 1.69. The first-order valence-corrected chi connectivity index (χ1v) is 3.58. The first kappa shape index (κ1) is 8.42. The normalized spacial score (nSPS) is 11.9. The minimum atomic E-state index is -0.472. The molecule has 0 saturated carbocycles. The Bertz CT molecular complexity index is 289. The van der Waals surface area contributed by atoms with Gasteiger partial charge in [0.1, 0.15) is 5.60 Å². The third kappa shape index (κ3) is 1.66. The molecule has 0 atom stereocenters. The van der Waals surface area contributed by atoms with Crippen LogP contribution < -0.4 is 0 Å². The van der Waals surface area contributed by atoms with E-state index in [-0.39, 0.29) is 4.84 Å². The van der Waals surface area contributed by atoms with E-state index in [1.54, 1.807) is 7.11 Å². The molecule has 0 amide bonds. The van der Waals surface area contributed by atoms with E-state index in [0.717, 1.165) is 0 Å². The smallest absolute Gasteiger partial charge is 0.314 e. The Balaban J connectivity index is 3.01. The molecule has 62 valence electrons. The van der Waals surface area contributed by atoms with Crippen molar-refractivity contribution in [2.24, 2.45) is 0 Å². The van der Waals surface area contributed by atoms with Crippen LogP contribution in [0.1, 0.15) is 19.7 Å². The van der Waals surface area contributed by atoms with Crippen LogP contribution in [0.4, 0.5) is 0 Å². The van der Waals surface area contributed by atoms with Gasteiger partial charge in [-0.05, 0) is 26.1 Å². The van der Waals surface area contributed by atoms with Gasteiger partial charge in [0.15, 0.2) is 5.82 Å². The van der Waals surface area contributed by atoms with Crippen molar-refractivity contribution < 1.29 is 9.26 Å². The SMILES string of the molecule is COC(C)(C)c1nc(=S)o[nH]1. The number of H-pyrrole nitrogens is 1. The first-order chi connectivity index (χ1) is 5.06. The van der Waals surface area contributed by atoms with Gasteiger partial charge in [-0.25, -0.2) is 5.16 Å². The molecule has 0 radical (unpaired) electrons. The minimum absolute atomic E-state index is 0.199. The van der Waals surface area contributed by atoms with E-state index in [2.05, 4.69) is 22.4 Å². The monoisotopic (exact) mass is 174 g/mol. The number of nitrogens with one attached hydrogen (secondary N) is 1. The second-order valence-electron chi connectivity index (χ2n) is 2.64. The van der Waals surface area contributed by atoms with Crippen LogP contribution in [-0.2, 0) is 10.3 Å². The van der Waals surface area contributed by atoms with E-state index in [4.69, 9.17) is 9.26 Å². The molecule has 5 heteroatoms. The summed E-state index contributed by atoms with van der Waals surface area (Å²) in [5.41, 5.74) is -0.472. The Kier molecular flexibility index (Phi) is 2.10. The predicted octanol–water partition coefficient (Wildman–Crippen LogP) is 1.61. The number of aromatic amines is 1. The quantitative estimate of drug-likeness (QED) is 0.692. The molecule has 1 N–H and O–H groups in total. The van der Waals surface area contributed by atoms with Crippen molar-refractivity contribution in [2.45, 2.75) is 19.4 Å². The largest absolute Gasteiger partial charge is 0.371 e. The first-order valence-electron chi connectivity index (χ1n) is 3.17. The van der Waals surface area contributed by atoms with Gasteiger partial charge in [0.05, 0.1) is 0 Å². The van der Waals surface area contributed by atoms with Crippen molar-refractivity contribution in [3.8, 4) is 0 Å². The van der Waals surface area contributed by atoms with Crippen LogP contribution in [0.25, 0.3) is 0 Å². The lowest BCUT2D eigenvalue weighted by atomic mass is 10.1. The zero-order valence-corrected chi connectivity index (χ0v) is 7.49. The summed E-state index contributed by atoms with van der Waals surface area (Å²) in [5, 5.41) is 2.58. The van der Waals surface area contributed by atoms with Crippen LogP contribution >= 0.6 is 12.2 Å². The zero-order chi connectivity index (χ0) is 8.48. The zero-order valence-electron chi connectivity index (χ0n) is 6.67. The van der Waals surface area contributed by atoms with Crippen LogP contribution in [0.2, 0.25) is 0 Å².